The highest BCUT2D eigenvalue weighted by atomic mass is 16.3. The smallest absolute Gasteiger partial charge is 0.289 e. The van der Waals surface area contributed by atoms with Crippen LogP contribution in [0.1, 0.15) is 36.2 Å². The SMILES string of the molecule is CN(C(=O)c1ccco1)C1CCC(N)CC1. The monoisotopic (exact) mass is 222 g/mol. The Balaban J connectivity index is 1.97. The van der Waals surface area contributed by atoms with Gasteiger partial charge in [0.15, 0.2) is 5.76 Å². The topological polar surface area (TPSA) is 59.5 Å². The van der Waals surface area contributed by atoms with Gasteiger partial charge in [-0.05, 0) is 37.8 Å². The number of furan rings is 1. The maximum atomic E-state index is 12.0. The predicted molar refractivity (Wildman–Crippen MR) is 61.0 cm³/mol. The van der Waals surface area contributed by atoms with Crippen molar-refractivity contribution in [1.29, 1.82) is 0 Å². The Morgan fingerprint density at radius 1 is 1.44 bits per heavy atom. The summed E-state index contributed by atoms with van der Waals surface area (Å²) in [7, 11) is 1.84. The lowest BCUT2D eigenvalue weighted by atomic mass is 9.91. The molecule has 0 spiro atoms. The molecule has 0 bridgehead atoms. The van der Waals surface area contributed by atoms with E-state index in [1.54, 1.807) is 17.0 Å². The molecule has 0 unspecified atom stereocenters. The van der Waals surface area contributed by atoms with Crippen LogP contribution in [0.15, 0.2) is 22.8 Å². The average Bonchev–Trinajstić information content (AvgIpc) is 2.81. The molecule has 1 aromatic heterocycles. The van der Waals surface area contributed by atoms with Gasteiger partial charge in [0.05, 0.1) is 6.26 Å². The lowest BCUT2D eigenvalue weighted by Crippen LogP contribution is -2.41. The molecule has 2 N–H and O–H groups in total. The van der Waals surface area contributed by atoms with Gasteiger partial charge in [0.25, 0.3) is 5.91 Å². The first kappa shape index (κ1) is 11.2. The molecule has 1 aliphatic rings. The molecular weight excluding hydrogens is 204 g/mol. The molecule has 1 saturated carbocycles. The van der Waals surface area contributed by atoms with Crippen LogP contribution in [0.2, 0.25) is 0 Å². The highest BCUT2D eigenvalue weighted by Crippen LogP contribution is 2.22. The maximum absolute atomic E-state index is 12.0. The van der Waals surface area contributed by atoms with E-state index in [1.807, 2.05) is 7.05 Å². The van der Waals surface area contributed by atoms with Crippen molar-refractivity contribution in [3.05, 3.63) is 24.2 Å². The van der Waals surface area contributed by atoms with Gasteiger partial charge in [0.1, 0.15) is 0 Å². The Kier molecular flexibility index (Phi) is 3.29. The first-order valence-electron chi connectivity index (χ1n) is 5.74. The van der Waals surface area contributed by atoms with E-state index in [0.717, 1.165) is 25.7 Å². The molecular formula is C12H18N2O2. The van der Waals surface area contributed by atoms with Crippen molar-refractivity contribution in [3.8, 4) is 0 Å². The fourth-order valence-electron chi connectivity index (χ4n) is 2.23. The lowest BCUT2D eigenvalue weighted by molar-refractivity contribution is 0.0658. The van der Waals surface area contributed by atoms with Crippen molar-refractivity contribution in [1.82, 2.24) is 4.90 Å². The molecule has 1 aromatic rings. The molecule has 0 aromatic carbocycles. The van der Waals surface area contributed by atoms with E-state index < -0.39 is 0 Å². The predicted octanol–water partition coefficient (Wildman–Crippen LogP) is 1.62. The number of hydrogen-bond acceptors (Lipinski definition) is 3. The molecule has 4 heteroatoms. The molecule has 2 rings (SSSR count). The van der Waals surface area contributed by atoms with Crippen molar-refractivity contribution in [2.24, 2.45) is 5.73 Å². The minimum atomic E-state index is -0.0366. The quantitative estimate of drug-likeness (QED) is 0.827. The molecule has 0 radical (unpaired) electrons. The number of carbonyl (C=O) groups excluding carboxylic acids is 1. The van der Waals surface area contributed by atoms with Gasteiger partial charge < -0.3 is 15.1 Å². The van der Waals surface area contributed by atoms with Crippen molar-refractivity contribution in [2.45, 2.75) is 37.8 Å². The highest BCUT2D eigenvalue weighted by Gasteiger charge is 2.26. The third-order valence-electron chi connectivity index (χ3n) is 3.34. The molecule has 88 valence electrons. The van der Waals surface area contributed by atoms with Gasteiger partial charge in [0.2, 0.25) is 0 Å². The van der Waals surface area contributed by atoms with Crippen LogP contribution in [-0.2, 0) is 0 Å². The summed E-state index contributed by atoms with van der Waals surface area (Å²) in [5.41, 5.74) is 5.85. The molecule has 4 nitrogen and oxygen atoms in total. The molecule has 16 heavy (non-hydrogen) atoms. The minimum Gasteiger partial charge on any atom is -0.459 e. The summed E-state index contributed by atoms with van der Waals surface area (Å²) in [4.78, 5) is 13.8. The minimum absolute atomic E-state index is 0.0366. The second kappa shape index (κ2) is 4.70. The number of rotatable bonds is 2. The van der Waals surface area contributed by atoms with Crippen LogP contribution in [0.25, 0.3) is 0 Å². The van der Waals surface area contributed by atoms with Gasteiger partial charge in [-0.1, -0.05) is 0 Å². The van der Waals surface area contributed by atoms with Crippen LogP contribution < -0.4 is 5.73 Å². The third-order valence-corrected chi connectivity index (χ3v) is 3.34. The summed E-state index contributed by atoms with van der Waals surface area (Å²) in [6, 6.07) is 4.05. The fraction of sp³-hybridized carbons (Fsp3) is 0.583. The van der Waals surface area contributed by atoms with Crippen molar-refractivity contribution in [2.75, 3.05) is 7.05 Å². The number of nitrogens with two attached hydrogens (primary N) is 1. The van der Waals surface area contributed by atoms with Crippen LogP contribution in [0.4, 0.5) is 0 Å². The second-order valence-corrected chi connectivity index (χ2v) is 4.46. The molecule has 1 aliphatic carbocycles. The van der Waals surface area contributed by atoms with E-state index in [1.165, 1.54) is 6.26 Å². The van der Waals surface area contributed by atoms with Crippen molar-refractivity contribution in [3.63, 3.8) is 0 Å². The van der Waals surface area contributed by atoms with Crippen molar-refractivity contribution >= 4 is 5.91 Å². The summed E-state index contributed by atoms with van der Waals surface area (Å²) in [6.07, 6.45) is 5.51. The molecule has 0 atom stereocenters. The second-order valence-electron chi connectivity index (χ2n) is 4.46. The van der Waals surface area contributed by atoms with E-state index in [4.69, 9.17) is 10.2 Å². The summed E-state index contributed by atoms with van der Waals surface area (Å²) < 4.78 is 5.11. The van der Waals surface area contributed by atoms with E-state index in [-0.39, 0.29) is 5.91 Å². The van der Waals surface area contributed by atoms with Crippen LogP contribution >= 0.6 is 0 Å². The number of hydrogen-bond donors (Lipinski definition) is 1. The van der Waals surface area contributed by atoms with E-state index in [2.05, 4.69) is 0 Å². The standard InChI is InChI=1S/C12H18N2O2/c1-14(10-6-4-9(13)5-7-10)12(15)11-3-2-8-16-11/h2-3,8-10H,4-7,13H2,1H3. The highest BCUT2D eigenvalue weighted by molar-refractivity contribution is 5.91. The van der Waals surface area contributed by atoms with Crippen LogP contribution in [0, 0.1) is 0 Å². The summed E-state index contributed by atoms with van der Waals surface area (Å²) in [5, 5.41) is 0. The molecule has 1 heterocycles. The number of carbonyl (C=O) groups is 1. The Morgan fingerprint density at radius 3 is 2.69 bits per heavy atom. The zero-order valence-corrected chi connectivity index (χ0v) is 9.56. The molecule has 1 amide bonds. The van der Waals surface area contributed by atoms with Crippen molar-refractivity contribution < 1.29 is 9.21 Å². The number of nitrogens with zero attached hydrogens (tertiary/aromatic N) is 1. The molecule has 0 aliphatic heterocycles. The summed E-state index contributed by atoms with van der Waals surface area (Å²) >= 11 is 0. The summed E-state index contributed by atoms with van der Waals surface area (Å²) in [5.74, 6) is 0.378. The Bertz CT molecular complexity index is 340. The van der Waals surface area contributed by atoms with E-state index in [9.17, 15) is 4.79 Å². The first-order valence-corrected chi connectivity index (χ1v) is 5.74. The Labute approximate surface area is 95.4 Å². The van der Waals surface area contributed by atoms with Gasteiger partial charge >= 0.3 is 0 Å². The Hall–Kier alpha value is -1.29. The van der Waals surface area contributed by atoms with Gasteiger partial charge in [-0.3, -0.25) is 4.79 Å². The largest absolute Gasteiger partial charge is 0.459 e. The summed E-state index contributed by atoms with van der Waals surface area (Å²) in [6.45, 7) is 0. The van der Waals surface area contributed by atoms with E-state index >= 15 is 0 Å². The van der Waals surface area contributed by atoms with Gasteiger partial charge in [-0.25, -0.2) is 0 Å². The lowest BCUT2D eigenvalue weighted by Gasteiger charge is -2.33. The third kappa shape index (κ3) is 2.27. The normalized spacial score (nSPS) is 25.4. The fourth-order valence-corrected chi connectivity index (χ4v) is 2.23. The molecule has 0 saturated heterocycles. The average molecular weight is 222 g/mol. The van der Waals surface area contributed by atoms with Gasteiger partial charge in [-0.15, -0.1) is 0 Å². The van der Waals surface area contributed by atoms with Crippen LogP contribution in [0.3, 0.4) is 0 Å². The van der Waals surface area contributed by atoms with Gasteiger partial charge in [-0.2, -0.15) is 0 Å². The number of amides is 1. The zero-order valence-electron chi connectivity index (χ0n) is 9.56. The first-order chi connectivity index (χ1) is 7.68. The van der Waals surface area contributed by atoms with Crippen LogP contribution in [-0.4, -0.2) is 29.9 Å². The zero-order chi connectivity index (χ0) is 11.5. The van der Waals surface area contributed by atoms with Crippen LogP contribution in [0.5, 0.6) is 0 Å². The maximum Gasteiger partial charge on any atom is 0.289 e. The Morgan fingerprint density at radius 2 is 2.12 bits per heavy atom. The molecule has 1 fully saturated rings. The van der Waals surface area contributed by atoms with Gasteiger partial charge in [0, 0.05) is 19.1 Å². The van der Waals surface area contributed by atoms with E-state index in [0.29, 0.717) is 17.8 Å².